The predicted octanol–water partition coefficient (Wildman–Crippen LogP) is 5.40. The predicted molar refractivity (Wildman–Crippen MR) is 139 cm³/mol. The maximum atomic E-state index is 13.2. The van der Waals surface area contributed by atoms with Crippen molar-refractivity contribution in [1.29, 1.82) is 0 Å². The third-order valence-corrected chi connectivity index (χ3v) is 6.40. The van der Waals surface area contributed by atoms with E-state index in [1.54, 1.807) is 0 Å². The Balaban J connectivity index is 1.65. The molecule has 0 heterocycles. The summed E-state index contributed by atoms with van der Waals surface area (Å²) in [5, 5.41) is 8.91. The number of amides is 1. The fourth-order valence-electron chi connectivity index (χ4n) is 4.54. The van der Waals surface area contributed by atoms with E-state index in [0.29, 0.717) is 12.3 Å². The first-order valence-corrected chi connectivity index (χ1v) is 12.7. The van der Waals surface area contributed by atoms with Crippen LogP contribution in [0.4, 0.5) is 0 Å². The monoisotopic (exact) mass is 466 g/mol. The second-order valence-electron chi connectivity index (χ2n) is 11.8. The molecule has 1 saturated carbocycles. The number of hydrogen-bond acceptors (Lipinski definition) is 4. The first-order valence-electron chi connectivity index (χ1n) is 12.7. The molecule has 0 aliphatic heterocycles. The van der Waals surface area contributed by atoms with E-state index in [0.717, 1.165) is 48.6 Å². The van der Waals surface area contributed by atoms with Gasteiger partial charge in [-0.25, -0.2) is 4.79 Å². The van der Waals surface area contributed by atoms with E-state index in [1.165, 1.54) is 0 Å². The smallest absolute Gasteiger partial charge is 0.329 e. The normalized spacial score (nSPS) is 20.1. The van der Waals surface area contributed by atoms with Crippen molar-refractivity contribution >= 4 is 22.6 Å². The zero-order valence-electron chi connectivity index (χ0n) is 21.7. The van der Waals surface area contributed by atoms with E-state index in [1.807, 2.05) is 39.0 Å². The third kappa shape index (κ3) is 8.12. The molecule has 5 nitrogen and oxygen atoms in total. The lowest BCUT2D eigenvalue weighted by molar-refractivity contribution is -0.159. The quantitative estimate of drug-likeness (QED) is 0.536. The minimum atomic E-state index is -0.701. The number of carbonyl (C=O) groups is 2. The van der Waals surface area contributed by atoms with Crippen molar-refractivity contribution in [3.05, 3.63) is 48.0 Å². The first-order chi connectivity index (χ1) is 15.9. The molecule has 5 heteroatoms. The molecule has 186 valence electrons. The Morgan fingerprint density at radius 1 is 0.941 bits per heavy atom. The molecule has 34 heavy (non-hydrogen) atoms. The molecule has 0 radical (unpaired) electrons. The van der Waals surface area contributed by atoms with Gasteiger partial charge in [0.15, 0.2) is 0 Å². The summed E-state index contributed by atoms with van der Waals surface area (Å²) in [6, 6.07) is 13.6. The number of hydrogen-bond donors (Lipinski definition) is 2. The van der Waals surface area contributed by atoms with Crippen LogP contribution in [0.1, 0.15) is 72.8 Å². The van der Waals surface area contributed by atoms with Crippen LogP contribution >= 0.6 is 0 Å². The first kappa shape index (κ1) is 26.2. The molecule has 2 aromatic carbocycles. The summed E-state index contributed by atoms with van der Waals surface area (Å²) in [5.74, 6) is 0.144. The molecule has 2 aromatic rings. The molecule has 0 saturated heterocycles. The van der Waals surface area contributed by atoms with E-state index in [9.17, 15) is 9.59 Å². The van der Waals surface area contributed by atoms with Gasteiger partial charge in [0, 0.05) is 17.9 Å². The maximum absolute atomic E-state index is 13.2. The van der Waals surface area contributed by atoms with Crippen molar-refractivity contribution < 1.29 is 14.3 Å². The van der Waals surface area contributed by atoms with Gasteiger partial charge in [-0.3, -0.25) is 4.79 Å². The topological polar surface area (TPSA) is 67.4 Å². The fourth-order valence-corrected chi connectivity index (χ4v) is 4.54. The van der Waals surface area contributed by atoms with Gasteiger partial charge in [0.05, 0.1) is 0 Å². The average molecular weight is 467 g/mol. The summed E-state index contributed by atoms with van der Waals surface area (Å²) in [5.41, 5.74) is 0.506. The van der Waals surface area contributed by atoms with Crippen LogP contribution in [0.25, 0.3) is 10.8 Å². The van der Waals surface area contributed by atoms with Gasteiger partial charge in [-0.1, -0.05) is 42.5 Å². The molecule has 0 bridgehead atoms. The number of fused-ring (bicyclic) bond motifs is 1. The van der Waals surface area contributed by atoms with Gasteiger partial charge in [-0.15, -0.1) is 0 Å². The molecule has 1 amide bonds. The highest BCUT2D eigenvalue weighted by Gasteiger charge is 2.32. The van der Waals surface area contributed by atoms with Crippen LogP contribution in [0.5, 0.6) is 0 Å². The summed E-state index contributed by atoms with van der Waals surface area (Å²) in [6.45, 7) is 13.1. The van der Waals surface area contributed by atoms with E-state index >= 15 is 0 Å². The van der Waals surface area contributed by atoms with E-state index < -0.39 is 11.6 Å². The van der Waals surface area contributed by atoms with Crippen LogP contribution in [-0.4, -0.2) is 35.6 Å². The second-order valence-corrected chi connectivity index (χ2v) is 11.8. The summed E-state index contributed by atoms with van der Waals surface area (Å²) in [7, 11) is 0. The highest BCUT2D eigenvalue weighted by Crippen LogP contribution is 2.29. The molecule has 2 N–H and O–H groups in total. The number of carbonyl (C=O) groups excluding carboxylic acids is 2. The Hall–Kier alpha value is -2.40. The lowest BCUT2D eigenvalue weighted by Crippen LogP contribution is -2.48. The molecular formula is C29H42N2O3. The summed E-state index contributed by atoms with van der Waals surface area (Å²) < 4.78 is 5.67. The summed E-state index contributed by atoms with van der Waals surface area (Å²) in [4.78, 5) is 26.2. The molecule has 0 spiro atoms. The fraction of sp³-hybridized carbons (Fsp3) is 0.586. The van der Waals surface area contributed by atoms with Gasteiger partial charge in [0.1, 0.15) is 11.6 Å². The van der Waals surface area contributed by atoms with Gasteiger partial charge in [-0.2, -0.15) is 0 Å². The molecule has 3 rings (SSSR count). The highest BCUT2D eigenvalue weighted by atomic mass is 16.6. The molecule has 1 fully saturated rings. The Morgan fingerprint density at radius 3 is 2.21 bits per heavy atom. The summed E-state index contributed by atoms with van der Waals surface area (Å²) >= 11 is 0. The van der Waals surface area contributed by atoms with Gasteiger partial charge in [-0.05, 0) is 96.0 Å². The zero-order chi connectivity index (χ0) is 24.9. The van der Waals surface area contributed by atoms with Crippen LogP contribution in [-0.2, 0) is 20.7 Å². The molecular weight excluding hydrogens is 424 g/mol. The van der Waals surface area contributed by atoms with Crippen LogP contribution in [0, 0.1) is 11.8 Å². The molecule has 0 unspecified atom stereocenters. The van der Waals surface area contributed by atoms with Gasteiger partial charge >= 0.3 is 5.97 Å². The van der Waals surface area contributed by atoms with Crippen LogP contribution < -0.4 is 10.6 Å². The van der Waals surface area contributed by atoms with Crippen LogP contribution in [0.15, 0.2) is 42.5 Å². The maximum Gasteiger partial charge on any atom is 0.329 e. The zero-order valence-corrected chi connectivity index (χ0v) is 21.7. The minimum Gasteiger partial charge on any atom is -0.458 e. The summed E-state index contributed by atoms with van der Waals surface area (Å²) in [6.07, 6.45) is 4.20. The van der Waals surface area contributed by atoms with Crippen molar-refractivity contribution in [2.75, 3.05) is 6.54 Å². The number of benzene rings is 2. The van der Waals surface area contributed by atoms with E-state index in [2.05, 4.69) is 55.7 Å². The molecule has 1 aliphatic rings. The number of nitrogens with one attached hydrogen (secondary N) is 2. The minimum absolute atomic E-state index is 0.0288. The van der Waals surface area contributed by atoms with E-state index in [-0.39, 0.29) is 23.3 Å². The highest BCUT2D eigenvalue weighted by molar-refractivity contribution is 5.87. The molecule has 1 atom stereocenters. The standard InChI is InChI=1S/C29H42N2O3/c1-28(2,3)30-19-20-11-15-23(16-12-20)26(32)31-25(27(33)34-29(4,5)6)18-21-13-14-22-9-7-8-10-24(22)17-21/h7-10,13-14,17,20,23,25,30H,11-12,15-16,18-19H2,1-6H3,(H,31,32)/t20?,23?,25-/m0/s1. The van der Waals surface area contributed by atoms with Crippen molar-refractivity contribution in [2.45, 2.75) is 90.8 Å². The number of ether oxygens (including phenoxy) is 1. The van der Waals surface area contributed by atoms with Gasteiger partial charge in [0.25, 0.3) is 0 Å². The lowest BCUT2D eigenvalue weighted by Gasteiger charge is -2.31. The molecule has 0 aromatic heterocycles. The lowest BCUT2D eigenvalue weighted by atomic mass is 9.81. The van der Waals surface area contributed by atoms with Crippen molar-refractivity contribution in [3.8, 4) is 0 Å². The Bertz CT molecular complexity index is 979. The Kier molecular flexibility index (Phi) is 8.40. The largest absolute Gasteiger partial charge is 0.458 e. The van der Waals surface area contributed by atoms with Crippen molar-refractivity contribution in [1.82, 2.24) is 10.6 Å². The molecule has 1 aliphatic carbocycles. The number of esters is 1. The van der Waals surface area contributed by atoms with Crippen molar-refractivity contribution in [3.63, 3.8) is 0 Å². The van der Waals surface area contributed by atoms with Gasteiger partial charge in [0.2, 0.25) is 5.91 Å². The average Bonchev–Trinajstić information content (AvgIpc) is 2.76. The number of rotatable bonds is 7. The van der Waals surface area contributed by atoms with Crippen LogP contribution in [0.3, 0.4) is 0 Å². The van der Waals surface area contributed by atoms with E-state index in [4.69, 9.17) is 4.74 Å². The second kappa shape index (κ2) is 10.9. The Morgan fingerprint density at radius 2 is 1.59 bits per heavy atom. The van der Waals surface area contributed by atoms with Crippen molar-refractivity contribution in [2.24, 2.45) is 11.8 Å². The third-order valence-electron chi connectivity index (χ3n) is 6.40. The van der Waals surface area contributed by atoms with Gasteiger partial charge < -0.3 is 15.4 Å². The van der Waals surface area contributed by atoms with Crippen LogP contribution in [0.2, 0.25) is 0 Å². The SMILES string of the molecule is CC(C)(C)NCC1CCC(C(=O)N[C@@H](Cc2ccc3ccccc3c2)C(=O)OC(C)(C)C)CC1. The Labute approximate surface area is 205 Å².